The van der Waals surface area contributed by atoms with Crippen molar-refractivity contribution in [3.8, 4) is 11.4 Å². The molecule has 0 aliphatic heterocycles. The van der Waals surface area contributed by atoms with E-state index >= 15 is 0 Å². The highest BCUT2D eigenvalue weighted by Crippen LogP contribution is 2.31. The maximum atomic E-state index is 14.4. The van der Waals surface area contributed by atoms with Crippen molar-refractivity contribution in [1.82, 2.24) is 20.1 Å². The molecule has 29 heavy (non-hydrogen) atoms. The third-order valence-corrected chi connectivity index (χ3v) is 3.78. The summed E-state index contributed by atoms with van der Waals surface area (Å²) in [5.41, 5.74) is -0.904. The van der Waals surface area contributed by atoms with Crippen molar-refractivity contribution in [1.29, 1.82) is 0 Å². The van der Waals surface area contributed by atoms with Gasteiger partial charge >= 0.3 is 18.1 Å². The molecule has 0 fully saturated rings. The van der Waals surface area contributed by atoms with Gasteiger partial charge in [0.2, 0.25) is 5.82 Å². The standard InChI is InChI=1S/C16H17F5N4O4/c1-24(6-7-27-2)15(26)25(28-3)8-9-4-5-10(12(18)11(9)17)13-22-14(29-23-13)16(19,20)21/h4-5H,6-8H2,1-3H3. The fourth-order valence-electron chi connectivity index (χ4n) is 2.21. The van der Waals surface area contributed by atoms with Crippen LogP contribution in [0.15, 0.2) is 16.7 Å². The molecule has 2 aromatic rings. The number of amides is 2. The lowest BCUT2D eigenvalue weighted by Gasteiger charge is -2.26. The van der Waals surface area contributed by atoms with Crippen molar-refractivity contribution >= 4 is 6.03 Å². The number of alkyl halides is 3. The number of carbonyl (C=O) groups excluding carboxylic acids is 1. The van der Waals surface area contributed by atoms with Gasteiger partial charge in [-0.2, -0.15) is 23.2 Å². The highest BCUT2D eigenvalue weighted by Gasteiger charge is 2.39. The van der Waals surface area contributed by atoms with Gasteiger partial charge in [-0.3, -0.25) is 4.84 Å². The average molecular weight is 424 g/mol. The maximum absolute atomic E-state index is 14.4. The first-order valence-corrected chi connectivity index (χ1v) is 8.04. The van der Waals surface area contributed by atoms with Gasteiger partial charge in [-0.1, -0.05) is 11.2 Å². The van der Waals surface area contributed by atoms with Crippen LogP contribution in [-0.4, -0.2) is 60.6 Å². The van der Waals surface area contributed by atoms with Crippen molar-refractivity contribution in [3.05, 3.63) is 35.2 Å². The van der Waals surface area contributed by atoms with E-state index in [4.69, 9.17) is 9.57 Å². The Kier molecular flexibility index (Phi) is 7.08. The van der Waals surface area contributed by atoms with Crippen molar-refractivity contribution in [3.63, 3.8) is 0 Å². The van der Waals surface area contributed by atoms with Crippen LogP contribution in [0.4, 0.5) is 26.7 Å². The van der Waals surface area contributed by atoms with Crippen LogP contribution < -0.4 is 0 Å². The second kappa shape index (κ2) is 9.13. The number of methoxy groups -OCH3 is 1. The number of likely N-dealkylation sites (N-methyl/N-ethyl adjacent to an activating group) is 1. The van der Waals surface area contributed by atoms with Crippen LogP contribution in [0.3, 0.4) is 0 Å². The van der Waals surface area contributed by atoms with E-state index in [2.05, 4.69) is 14.7 Å². The van der Waals surface area contributed by atoms with Crippen molar-refractivity contribution in [2.24, 2.45) is 0 Å². The normalized spacial score (nSPS) is 11.6. The van der Waals surface area contributed by atoms with E-state index in [1.807, 2.05) is 0 Å². The van der Waals surface area contributed by atoms with Crippen LogP contribution in [0.2, 0.25) is 0 Å². The number of nitrogens with zero attached hydrogens (tertiary/aromatic N) is 4. The Morgan fingerprint density at radius 2 is 1.90 bits per heavy atom. The number of halogens is 5. The van der Waals surface area contributed by atoms with Gasteiger partial charge < -0.3 is 14.2 Å². The number of rotatable bonds is 7. The fraction of sp³-hybridized carbons (Fsp3) is 0.438. The molecule has 0 saturated heterocycles. The van der Waals surface area contributed by atoms with E-state index in [9.17, 15) is 26.7 Å². The largest absolute Gasteiger partial charge is 0.471 e. The third kappa shape index (κ3) is 5.17. The Hall–Kier alpha value is -2.80. The number of hydrogen-bond acceptors (Lipinski definition) is 6. The molecule has 1 aromatic heterocycles. The minimum Gasteiger partial charge on any atom is -0.383 e. The lowest BCUT2D eigenvalue weighted by molar-refractivity contribution is -0.159. The molecule has 0 unspecified atom stereocenters. The van der Waals surface area contributed by atoms with E-state index in [0.717, 1.165) is 17.2 Å². The number of hydroxylamine groups is 2. The summed E-state index contributed by atoms with van der Waals surface area (Å²) >= 11 is 0. The molecule has 13 heteroatoms. The van der Waals surface area contributed by atoms with Gasteiger partial charge in [0.05, 0.1) is 25.8 Å². The zero-order valence-electron chi connectivity index (χ0n) is 15.6. The minimum atomic E-state index is -4.92. The van der Waals surface area contributed by atoms with Gasteiger partial charge in [0.25, 0.3) is 0 Å². The molecule has 0 N–H and O–H groups in total. The number of urea groups is 1. The summed E-state index contributed by atoms with van der Waals surface area (Å²) < 4.78 is 75.3. The number of benzene rings is 1. The van der Waals surface area contributed by atoms with Gasteiger partial charge in [-0.25, -0.2) is 13.6 Å². The summed E-state index contributed by atoms with van der Waals surface area (Å²) in [5.74, 6) is -5.34. The van der Waals surface area contributed by atoms with Crippen LogP contribution >= 0.6 is 0 Å². The predicted octanol–water partition coefficient (Wildman–Crippen LogP) is 3.10. The Balaban J connectivity index is 2.24. The molecule has 1 heterocycles. The Morgan fingerprint density at radius 3 is 2.45 bits per heavy atom. The summed E-state index contributed by atoms with van der Waals surface area (Å²) in [6, 6.07) is 1.42. The van der Waals surface area contributed by atoms with Gasteiger partial charge in [0.1, 0.15) is 0 Å². The maximum Gasteiger partial charge on any atom is 0.471 e. The van der Waals surface area contributed by atoms with Crippen LogP contribution in [0.25, 0.3) is 11.4 Å². The molecule has 0 bridgehead atoms. The molecule has 8 nitrogen and oxygen atoms in total. The first-order valence-electron chi connectivity index (χ1n) is 8.04. The molecule has 0 saturated carbocycles. The number of aromatic nitrogens is 2. The lowest BCUT2D eigenvalue weighted by Crippen LogP contribution is -2.41. The smallest absolute Gasteiger partial charge is 0.383 e. The van der Waals surface area contributed by atoms with Crippen molar-refractivity contribution in [2.45, 2.75) is 12.7 Å². The summed E-state index contributed by atoms with van der Waals surface area (Å²) in [4.78, 5) is 21.5. The molecule has 0 atom stereocenters. The van der Waals surface area contributed by atoms with Gasteiger partial charge in [-0.05, 0) is 6.07 Å². The van der Waals surface area contributed by atoms with E-state index in [-0.39, 0.29) is 18.7 Å². The topological polar surface area (TPSA) is 80.9 Å². The first-order chi connectivity index (χ1) is 13.6. The lowest BCUT2D eigenvalue weighted by atomic mass is 10.1. The Labute approximate surface area is 161 Å². The second-order valence-corrected chi connectivity index (χ2v) is 5.74. The second-order valence-electron chi connectivity index (χ2n) is 5.74. The molecule has 0 spiro atoms. The number of carbonyl (C=O) groups is 1. The SMILES string of the molecule is COCCN(C)C(=O)N(Cc1ccc(-c2noc(C(F)(F)F)n2)c(F)c1F)OC. The molecule has 2 rings (SSSR count). The van der Waals surface area contributed by atoms with E-state index in [1.54, 1.807) is 0 Å². The number of ether oxygens (including phenoxy) is 1. The summed E-state index contributed by atoms with van der Waals surface area (Å²) in [6.45, 7) is 0.0160. The zero-order chi connectivity index (χ0) is 21.8. The number of hydrogen-bond donors (Lipinski definition) is 0. The third-order valence-electron chi connectivity index (χ3n) is 3.78. The average Bonchev–Trinajstić information content (AvgIpc) is 3.17. The highest BCUT2D eigenvalue weighted by atomic mass is 19.4. The van der Waals surface area contributed by atoms with Crippen LogP contribution in [0.5, 0.6) is 0 Å². The molecule has 1 aromatic carbocycles. The summed E-state index contributed by atoms with van der Waals surface area (Å²) in [6.07, 6.45) is -4.92. The first kappa shape index (κ1) is 22.5. The Morgan fingerprint density at radius 1 is 1.21 bits per heavy atom. The fourth-order valence-corrected chi connectivity index (χ4v) is 2.21. The molecular formula is C16H17F5N4O4. The molecule has 0 aliphatic rings. The van der Waals surface area contributed by atoms with Crippen molar-refractivity contribution < 1.29 is 40.8 Å². The van der Waals surface area contributed by atoms with Gasteiger partial charge in [0, 0.05) is 26.3 Å². The Bertz CT molecular complexity index is 858. The summed E-state index contributed by atoms with van der Waals surface area (Å²) in [7, 11) is 4.08. The monoisotopic (exact) mass is 424 g/mol. The van der Waals surface area contributed by atoms with Crippen LogP contribution in [0.1, 0.15) is 11.5 Å². The van der Waals surface area contributed by atoms with E-state index < -0.39 is 47.7 Å². The van der Waals surface area contributed by atoms with Crippen molar-refractivity contribution in [2.75, 3.05) is 34.4 Å². The summed E-state index contributed by atoms with van der Waals surface area (Å²) in [5, 5.41) is 3.80. The van der Waals surface area contributed by atoms with Gasteiger partial charge in [0.15, 0.2) is 11.6 Å². The molecule has 2 amide bonds. The van der Waals surface area contributed by atoms with E-state index in [0.29, 0.717) is 0 Å². The highest BCUT2D eigenvalue weighted by molar-refractivity contribution is 5.73. The van der Waals surface area contributed by atoms with E-state index in [1.165, 1.54) is 26.2 Å². The van der Waals surface area contributed by atoms with Crippen LogP contribution in [0, 0.1) is 11.6 Å². The molecule has 0 radical (unpaired) electrons. The van der Waals surface area contributed by atoms with Gasteiger partial charge in [-0.15, -0.1) is 0 Å². The molecule has 160 valence electrons. The zero-order valence-corrected chi connectivity index (χ0v) is 15.6. The molecule has 0 aliphatic carbocycles. The quantitative estimate of drug-likeness (QED) is 0.502. The minimum absolute atomic E-state index is 0.227. The molecular weight excluding hydrogens is 407 g/mol. The van der Waals surface area contributed by atoms with Crippen LogP contribution in [-0.2, 0) is 22.3 Å². The predicted molar refractivity (Wildman–Crippen MR) is 87.1 cm³/mol.